The van der Waals surface area contributed by atoms with E-state index in [2.05, 4.69) is 79.9 Å². The van der Waals surface area contributed by atoms with Gasteiger partial charge in [-0.3, -0.25) is 4.79 Å². The van der Waals surface area contributed by atoms with Crippen molar-refractivity contribution in [3.8, 4) is 0 Å². The minimum absolute atomic E-state index is 0.227. The van der Waals surface area contributed by atoms with Crippen molar-refractivity contribution in [3.63, 3.8) is 0 Å². The Morgan fingerprint density at radius 2 is 0.644 bits per heavy atom. The normalized spacial score (nSPS) is 26.3. The second-order valence-corrected chi connectivity index (χ2v) is 29.9. The summed E-state index contributed by atoms with van der Waals surface area (Å²) in [5.74, 6) is -0.290. The molecule has 0 aromatic carbocycles. The number of carbonyl (C=O) groups excluding carboxylic acids is 1. The van der Waals surface area contributed by atoms with Crippen molar-refractivity contribution < 1.29 is 89.4 Å². The highest BCUT2D eigenvalue weighted by Gasteiger charge is 2.54. The minimum Gasteiger partial charge on any atom is -0.394 e. The molecule has 3 heterocycles. The lowest BCUT2D eigenvalue weighted by Crippen LogP contribution is -2.66. The van der Waals surface area contributed by atoms with Crippen molar-refractivity contribution in [3.05, 3.63) is 72.9 Å². The van der Waals surface area contributed by atoms with E-state index in [4.69, 9.17) is 28.4 Å². The van der Waals surface area contributed by atoms with Crippen LogP contribution in [0.2, 0.25) is 0 Å². The van der Waals surface area contributed by atoms with E-state index in [-0.39, 0.29) is 18.9 Å². The fourth-order valence-electron chi connectivity index (χ4n) is 13.9. The van der Waals surface area contributed by atoms with E-state index in [9.17, 15) is 61.0 Å². The van der Waals surface area contributed by atoms with Gasteiger partial charge < -0.3 is 89.9 Å². The molecule has 3 saturated heterocycles. The number of ether oxygens (including phenoxy) is 6. The third-order valence-corrected chi connectivity index (χ3v) is 20.7. The van der Waals surface area contributed by atoms with E-state index in [0.717, 1.165) is 70.6 Å². The van der Waals surface area contributed by atoms with Crippen molar-refractivity contribution in [1.29, 1.82) is 0 Å². The van der Waals surface area contributed by atoms with Crippen LogP contribution in [-0.4, -0.2) is 193 Å². The Labute approximate surface area is 629 Å². The summed E-state index contributed by atoms with van der Waals surface area (Å²) in [7, 11) is 0. The number of aliphatic hydroxyl groups excluding tert-OH is 11. The molecule has 19 heteroatoms. The van der Waals surface area contributed by atoms with Gasteiger partial charge in [-0.1, -0.05) is 311 Å². The molecule has 104 heavy (non-hydrogen) atoms. The van der Waals surface area contributed by atoms with Crippen LogP contribution in [0.4, 0.5) is 0 Å². The van der Waals surface area contributed by atoms with Gasteiger partial charge in [-0.2, -0.15) is 0 Å². The van der Waals surface area contributed by atoms with Gasteiger partial charge in [0, 0.05) is 6.42 Å². The molecule has 0 saturated carbocycles. The van der Waals surface area contributed by atoms with Crippen LogP contribution >= 0.6 is 0 Å². The van der Waals surface area contributed by atoms with E-state index >= 15 is 0 Å². The largest absolute Gasteiger partial charge is 0.394 e. The molecule has 3 aliphatic rings. The predicted molar refractivity (Wildman–Crippen MR) is 415 cm³/mol. The molecule has 0 aliphatic carbocycles. The summed E-state index contributed by atoms with van der Waals surface area (Å²) < 4.78 is 34.4. The molecular weight excluding hydrogens is 1320 g/mol. The maximum Gasteiger partial charge on any atom is 0.220 e. The summed E-state index contributed by atoms with van der Waals surface area (Å²) in [5.41, 5.74) is 0. The highest BCUT2D eigenvalue weighted by atomic mass is 16.8. The average molecular weight is 1480 g/mol. The highest BCUT2D eigenvalue weighted by Crippen LogP contribution is 2.33. The van der Waals surface area contributed by atoms with E-state index < -0.39 is 124 Å². The average Bonchev–Trinajstić information content (AvgIpc) is 0.783. The Kier molecular flexibility index (Phi) is 59.6. The molecule has 0 bridgehead atoms. The summed E-state index contributed by atoms with van der Waals surface area (Å²) in [6.07, 6.45) is 59.0. The Hall–Kier alpha value is -2.77. The predicted octanol–water partition coefficient (Wildman–Crippen LogP) is 14.8. The van der Waals surface area contributed by atoms with Crippen LogP contribution in [0.3, 0.4) is 0 Å². The molecule has 0 aromatic rings. The first-order chi connectivity index (χ1) is 50.8. The summed E-state index contributed by atoms with van der Waals surface area (Å²) in [6.45, 7) is 1.73. The minimum atomic E-state index is -1.99. The third-order valence-electron chi connectivity index (χ3n) is 20.7. The van der Waals surface area contributed by atoms with Gasteiger partial charge in [-0.05, 0) is 83.5 Å². The fraction of sp³-hybridized carbons (Fsp3) is 0.847. The second-order valence-electron chi connectivity index (χ2n) is 29.9. The first-order valence-electron chi connectivity index (χ1n) is 42.2. The number of aliphatic hydroxyl groups is 11. The molecule has 1 amide bonds. The first kappa shape index (κ1) is 95.4. The third kappa shape index (κ3) is 44.2. The number of unbranched alkanes of at least 4 members (excludes halogenated alkanes) is 41. The Morgan fingerprint density at radius 3 is 1.03 bits per heavy atom. The number of nitrogens with one attached hydrogen (secondary N) is 1. The van der Waals surface area contributed by atoms with Crippen LogP contribution in [0.1, 0.15) is 328 Å². The lowest BCUT2D eigenvalue weighted by atomic mass is 9.96. The number of hydrogen-bond donors (Lipinski definition) is 12. The van der Waals surface area contributed by atoms with Gasteiger partial charge in [0.2, 0.25) is 5.91 Å². The number of allylic oxidation sites excluding steroid dienone is 11. The molecule has 606 valence electrons. The number of carbonyl (C=O) groups is 1. The van der Waals surface area contributed by atoms with Gasteiger partial charge in [0.1, 0.15) is 73.2 Å². The Bertz CT molecular complexity index is 2160. The summed E-state index contributed by atoms with van der Waals surface area (Å²) in [6, 6.07) is -1.00. The number of hydrogen-bond acceptors (Lipinski definition) is 18. The standard InChI is InChI=1S/C85H153NO18/c1-3-5-7-9-11-13-15-17-19-21-23-25-27-29-31-32-33-34-35-37-38-40-42-44-46-48-50-52-54-56-58-60-62-69(90)68(86-73(91)63-61-59-57-55-53-51-49-47-45-43-41-39-36-30-28-26-24-22-20-18-16-14-12-10-8-6-4-2)67-99-83-79(97)76(94)81(71(65-88)101-83)104-85-80(98)77(95)82(72(66-89)102-85)103-84-78(96)75(93)74(92)70(64-87)100-84/h16,18,22,24,28,30,44,46,52,54,60,62,68-72,74-85,87-90,92-98H,3-15,17,19-21,23,25-27,29,31-43,45,47-51,53,55-59,61,63-67H2,1-2H3,(H,86,91)/b18-16-,24-22-,30-28-,46-44+,54-52+,62-60+. The maximum atomic E-state index is 13.5. The summed E-state index contributed by atoms with van der Waals surface area (Å²) >= 11 is 0. The van der Waals surface area contributed by atoms with Crippen molar-refractivity contribution >= 4 is 5.91 Å². The van der Waals surface area contributed by atoms with Crippen LogP contribution in [0.25, 0.3) is 0 Å². The first-order valence-corrected chi connectivity index (χ1v) is 42.2. The quantitative estimate of drug-likeness (QED) is 0.0199. The molecule has 0 radical (unpaired) electrons. The highest BCUT2D eigenvalue weighted by molar-refractivity contribution is 5.76. The van der Waals surface area contributed by atoms with Gasteiger partial charge in [0.05, 0.1) is 38.6 Å². The molecule has 3 fully saturated rings. The molecule has 0 aromatic heterocycles. The van der Waals surface area contributed by atoms with Crippen molar-refractivity contribution in [2.24, 2.45) is 0 Å². The van der Waals surface area contributed by atoms with E-state index in [1.54, 1.807) is 6.08 Å². The molecule has 17 atom stereocenters. The van der Waals surface area contributed by atoms with Crippen LogP contribution in [-0.2, 0) is 33.2 Å². The molecule has 19 nitrogen and oxygen atoms in total. The Balaban J connectivity index is 1.38. The second kappa shape index (κ2) is 65.0. The molecule has 12 N–H and O–H groups in total. The van der Waals surface area contributed by atoms with Crippen molar-refractivity contribution in [1.82, 2.24) is 5.32 Å². The molecule has 3 aliphatic heterocycles. The van der Waals surface area contributed by atoms with E-state index in [1.165, 1.54) is 225 Å². The zero-order valence-corrected chi connectivity index (χ0v) is 65.0. The van der Waals surface area contributed by atoms with Gasteiger partial charge in [-0.15, -0.1) is 0 Å². The monoisotopic (exact) mass is 1480 g/mol. The van der Waals surface area contributed by atoms with Gasteiger partial charge in [0.25, 0.3) is 0 Å². The lowest BCUT2D eigenvalue weighted by molar-refractivity contribution is -0.379. The number of rotatable bonds is 67. The maximum absolute atomic E-state index is 13.5. The SMILES string of the molecule is CCCCCCC/C=C\C/C=C\C/C=C\CCCCCCCCCCCCCCC(=O)NC(COC1OC(CO)C(OC2OC(CO)C(OC3OC(CO)C(O)C(O)C3O)C(O)C2O)C(O)C1O)C(O)/C=C/CC/C=C/CC/C=C/CCCCCCCCCCCCCCCCCCCCCCCC. The van der Waals surface area contributed by atoms with Gasteiger partial charge >= 0.3 is 0 Å². The summed E-state index contributed by atoms with van der Waals surface area (Å²) in [4.78, 5) is 13.5. The van der Waals surface area contributed by atoms with E-state index in [0.29, 0.717) is 12.8 Å². The molecule has 3 rings (SSSR count). The zero-order valence-electron chi connectivity index (χ0n) is 65.0. The van der Waals surface area contributed by atoms with Crippen LogP contribution in [0, 0.1) is 0 Å². The number of amides is 1. The summed E-state index contributed by atoms with van der Waals surface area (Å²) in [5, 5.41) is 121. The van der Waals surface area contributed by atoms with Gasteiger partial charge in [-0.25, -0.2) is 0 Å². The lowest BCUT2D eigenvalue weighted by Gasteiger charge is -2.48. The zero-order chi connectivity index (χ0) is 75.3. The van der Waals surface area contributed by atoms with Crippen molar-refractivity contribution in [2.45, 2.75) is 433 Å². The molecular formula is C85H153NO18. The molecule has 0 spiro atoms. The van der Waals surface area contributed by atoms with Crippen LogP contribution in [0.15, 0.2) is 72.9 Å². The fourth-order valence-corrected chi connectivity index (χ4v) is 13.9. The van der Waals surface area contributed by atoms with Crippen LogP contribution in [0.5, 0.6) is 0 Å². The molecule has 17 unspecified atom stereocenters. The van der Waals surface area contributed by atoms with Crippen molar-refractivity contribution in [2.75, 3.05) is 26.4 Å². The van der Waals surface area contributed by atoms with Crippen LogP contribution < -0.4 is 5.32 Å². The topological polar surface area (TPSA) is 307 Å². The smallest absolute Gasteiger partial charge is 0.220 e. The Morgan fingerprint density at radius 1 is 0.346 bits per heavy atom. The van der Waals surface area contributed by atoms with Gasteiger partial charge in [0.15, 0.2) is 18.9 Å². The van der Waals surface area contributed by atoms with E-state index in [1.807, 2.05) is 6.08 Å².